The normalized spacial score (nSPS) is 15.4. The highest BCUT2D eigenvalue weighted by atomic mass is 32.2. The molecule has 1 aliphatic heterocycles. The van der Waals surface area contributed by atoms with Gasteiger partial charge in [0.25, 0.3) is 0 Å². The average Bonchev–Trinajstić information content (AvgIpc) is 2.38. The predicted molar refractivity (Wildman–Crippen MR) is 72.6 cm³/mol. The minimum atomic E-state index is -0.127. The van der Waals surface area contributed by atoms with E-state index in [1.807, 2.05) is 19.1 Å². The van der Waals surface area contributed by atoms with Crippen molar-refractivity contribution < 1.29 is 4.79 Å². The fraction of sp³-hybridized carbons (Fsp3) is 0.385. The lowest BCUT2D eigenvalue weighted by atomic mass is 10.1. The molecule has 0 spiro atoms. The van der Waals surface area contributed by atoms with Crippen molar-refractivity contribution in [1.29, 1.82) is 5.26 Å². The second-order valence-electron chi connectivity index (χ2n) is 4.22. The standard InChI is InChI=1S/C13H15N3OS/c1-9(7-14)15-5-4-10-2-3-12-11(6-10)16-13(17)8-18-12/h2-3,6,9,15H,4-5,8H2,1H3,(H,16,17). The van der Waals surface area contributed by atoms with Crippen LogP contribution in [0.3, 0.4) is 0 Å². The fourth-order valence-corrected chi connectivity index (χ4v) is 2.55. The SMILES string of the molecule is CC(C#N)NCCc1ccc2c(c1)NC(=O)CS2. The minimum absolute atomic E-state index is 0.0564. The number of hydrogen-bond donors (Lipinski definition) is 2. The summed E-state index contributed by atoms with van der Waals surface area (Å²) in [5.74, 6) is 0.550. The summed E-state index contributed by atoms with van der Waals surface area (Å²) in [6.07, 6.45) is 0.847. The molecule has 0 radical (unpaired) electrons. The van der Waals surface area contributed by atoms with Crippen molar-refractivity contribution >= 4 is 23.4 Å². The molecule has 1 aromatic carbocycles. The summed E-state index contributed by atoms with van der Waals surface area (Å²) in [6.45, 7) is 2.60. The highest BCUT2D eigenvalue weighted by molar-refractivity contribution is 8.00. The van der Waals surface area contributed by atoms with Gasteiger partial charge in [0.15, 0.2) is 0 Å². The van der Waals surface area contributed by atoms with Gasteiger partial charge in [-0.2, -0.15) is 5.26 Å². The molecule has 94 valence electrons. The Morgan fingerprint density at radius 1 is 1.61 bits per heavy atom. The average molecular weight is 261 g/mol. The van der Waals surface area contributed by atoms with Crippen LogP contribution in [0.5, 0.6) is 0 Å². The summed E-state index contributed by atoms with van der Waals surface area (Å²) >= 11 is 1.57. The van der Waals surface area contributed by atoms with E-state index in [0.29, 0.717) is 5.75 Å². The van der Waals surface area contributed by atoms with E-state index >= 15 is 0 Å². The minimum Gasteiger partial charge on any atom is -0.324 e. The number of nitrogens with one attached hydrogen (secondary N) is 2. The van der Waals surface area contributed by atoms with Crippen molar-refractivity contribution in [2.24, 2.45) is 0 Å². The molecule has 2 rings (SSSR count). The number of rotatable bonds is 4. The quantitative estimate of drug-likeness (QED) is 0.867. The molecule has 2 N–H and O–H groups in total. The molecule has 18 heavy (non-hydrogen) atoms. The van der Waals surface area contributed by atoms with Crippen LogP contribution in [0.25, 0.3) is 0 Å². The molecule has 0 fully saturated rings. The Morgan fingerprint density at radius 2 is 2.44 bits per heavy atom. The van der Waals surface area contributed by atoms with E-state index in [-0.39, 0.29) is 11.9 Å². The summed E-state index contributed by atoms with van der Waals surface area (Å²) in [7, 11) is 0. The summed E-state index contributed by atoms with van der Waals surface area (Å²) in [5, 5.41) is 14.7. The van der Waals surface area contributed by atoms with Crippen molar-refractivity contribution in [1.82, 2.24) is 5.32 Å². The second kappa shape index (κ2) is 5.89. The highest BCUT2D eigenvalue weighted by Crippen LogP contribution is 2.31. The molecule has 1 aliphatic rings. The smallest absolute Gasteiger partial charge is 0.234 e. The summed E-state index contributed by atoms with van der Waals surface area (Å²) in [6, 6.07) is 8.14. The van der Waals surface area contributed by atoms with Crippen LogP contribution in [0.4, 0.5) is 5.69 Å². The number of amides is 1. The number of hydrogen-bond acceptors (Lipinski definition) is 4. The van der Waals surface area contributed by atoms with E-state index in [4.69, 9.17) is 5.26 Å². The number of benzene rings is 1. The molecule has 1 unspecified atom stereocenters. The number of fused-ring (bicyclic) bond motifs is 1. The van der Waals surface area contributed by atoms with Crippen molar-refractivity contribution in [2.75, 3.05) is 17.6 Å². The van der Waals surface area contributed by atoms with Gasteiger partial charge in [0.05, 0.1) is 23.6 Å². The number of anilines is 1. The van der Waals surface area contributed by atoms with E-state index in [9.17, 15) is 4.79 Å². The number of nitrogens with zero attached hydrogens (tertiary/aromatic N) is 1. The van der Waals surface area contributed by atoms with Crippen molar-refractivity contribution in [3.63, 3.8) is 0 Å². The third kappa shape index (κ3) is 3.25. The van der Waals surface area contributed by atoms with Gasteiger partial charge in [0.1, 0.15) is 0 Å². The third-order valence-corrected chi connectivity index (χ3v) is 3.81. The van der Waals surface area contributed by atoms with Gasteiger partial charge in [-0.05, 0) is 31.0 Å². The van der Waals surface area contributed by atoms with Crippen LogP contribution >= 0.6 is 11.8 Å². The first kappa shape index (κ1) is 12.9. The predicted octanol–water partition coefficient (Wildman–Crippen LogP) is 1.77. The van der Waals surface area contributed by atoms with Gasteiger partial charge in [-0.15, -0.1) is 11.8 Å². The molecule has 1 aromatic rings. The van der Waals surface area contributed by atoms with Gasteiger partial charge < -0.3 is 10.6 Å². The lowest BCUT2D eigenvalue weighted by molar-refractivity contribution is -0.113. The number of carbonyl (C=O) groups is 1. The van der Waals surface area contributed by atoms with Gasteiger partial charge in [0.2, 0.25) is 5.91 Å². The zero-order chi connectivity index (χ0) is 13.0. The van der Waals surface area contributed by atoms with Crippen LogP contribution in [0.2, 0.25) is 0 Å². The zero-order valence-electron chi connectivity index (χ0n) is 10.2. The Morgan fingerprint density at radius 3 is 3.22 bits per heavy atom. The molecule has 1 heterocycles. The van der Waals surface area contributed by atoms with Gasteiger partial charge in [-0.25, -0.2) is 0 Å². The van der Waals surface area contributed by atoms with Crippen molar-refractivity contribution in [3.05, 3.63) is 23.8 Å². The maximum Gasteiger partial charge on any atom is 0.234 e. The molecule has 0 saturated heterocycles. The second-order valence-corrected chi connectivity index (χ2v) is 5.24. The van der Waals surface area contributed by atoms with Crippen LogP contribution in [-0.2, 0) is 11.2 Å². The van der Waals surface area contributed by atoms with Gasteiger partial charge in [0, 0.05) is 11.4 Å². The largest absolute Gasteiger partial charge is 0.324 e. The summed E-state index contributed by atoms with van der Waals surface area (Å²) in [5.41, 5.74) is 2.07. The Balaban J connectivity index is 1.96. The molecule has 0 saturated carbocycles. The van der Waals surface area contributed by atoms with E-state index in [1.165, 1.54) is 0 Å². The maximum atomic E-state index is 11.3. The van der Waals surface area contributed by atoms with Crippen molar-refractivity contribution in [2.45, 2.75) is 24.3 Å². The van der Waals surface area contributed by atoms with Crippen LogP contribution in [0.1, 0.15) is 12.5 Å². The summed E-state index contributed by atoms with van der Waals surface area (Å²) < 4.78 is 0. The first-order chi connectivity index (χ1) is 8.69. The lowest BCUT2D eigenvalue weighted by Gasteiger charge is -2.17. The number of nitriles is 1. The van der Waals surface area contributed by atoms with Crippen LogP contribution in [0, 0.1) is 11.3 Å². The molecule has 0 aliphatic carbocycles. The molecule has 1 atom stereocenters. The van der Waals surface area contributed by atoms with Crippen LogP contribution in [0.15, 0.2) is 23.1 Å². The number of carbonyl (C=O) groups excluding carboxylic acids is 1. The van der Waals surface area contributed by atoms with E-state index in [0.717, 1.165) is 29.1 Å². The monoisotopic (exact) mass is 261 g/mol. The van der Waals surface area contributed by atoms with E-state index in [1.54, 1.807) is 11.8 Å². The Kier molecular flexibility index (Phi) is 4.24. The Labute approximate surface area is 111 Å². The van der Waals surface area contributed by atoms with Gasteiger partial charge in [-0.1, -0.05) is 6.07 Å². The van der Waals surface area contributed by atoms with Gasteiger partial charge >= 0.3 is 0 Å². The van der Waals surface area contributed by atoms with E-state index in [2.05, 4.69) is 22.8 Å². The molecular formula is C13H15N3OS. The Bertz CT molecular complexity index is 495. The first-order valence-electron chi connectivity index (χ1n) is 5.87. The molecule has 1 amide bonds. The molecule has 5 heteroatoms. The van der Waals surface area contributed by atoms with Crippen LogP contribution < -0.4 is 10.6 Å². The first-order valence-corrected chi connectivity index (χ1v) is 6.86. The fourth-order valence-electron chi connectivity index (χ4n) is 1.76. The van der Waals surface area contributed by atoms with Crippen molar-refractivity contribution in [3.8, 4) is 6.07 Å². The zero-order valence-corrected chi connectivity index (χ0v) is 11.0. The molecular weight excluding hydrogens is 246 g/mol. The summed E-state index contributed by atoms with van der Waals surface area (Å²) in [4.78, 5) is 12.4. The number of thioether (sulfide) groups is 1. The highest BCUT2D eigenvalue weighted by Gasteiger charge is 2.15. The maximum absolute atomic E-state index is 11.3. The third-order valence-electron chi connectivity index (χ3n) is 2.73. The Hall–Kier alpha value is -1.51. The lowest BCUT2D eigenvalue weighted by Crippen LogP contribution is -2.26. The molecule has 0 bridgehead atoms. The van der Waals surface area contributed by atoms with Crippen LogP contribution in [-0.4, -0.2) is 24.2 Å². The molecule has 4 nitrogen and oxygen atoms in total. The van der Waals surface area contributed by atoms with E-state index < -0.39 is 0 Å². The topological polar surface area (TPSA) is 64.9 Å². The molecule has 0 aromatic heterocycles. The van der Waals surface area contributed by atoms with Gasteiger partial charge in [-0.3, -0.25) is 4.79 Å².